The molecule has 0 saturated carbocycles. The third-order valence-electron chi connectivity index (χ3n) is 2.27. The first-order chi connectivity index (χ1) is 7.54. The first-order valence-corrected chi connectivity index (χ1v) is 5.13. The third kappa shape index (κ3) is 3.08. The number of carboxylic acids is 1. The monoisotopic (exact) mass is 221 g/mol. The van der Waals surface area contributed by atoms with Crippen molar-refractivity contribution >= 4 is 17.6 Å². The lowest BCUT2D eigenvalue weighted by molar-refractivity contribution is -0.140. The van der Waals surface area contributed by atoms with Crippen LogP contribution < -0.4 is 4.90 Å². The normalized spacial score (nSPS) is 9.88. The van der Waals surface area contributed by atoms with Crippen LogP contribution in [0.3, 0.4) is 0 Å². The van der Waals surface area contributed by atoms with E-state index in [2.05, 4.69) is 0 Å². The Balaban J connectivity index is 2.85. The lowest BCUT2D eigenvalue weighted by Gasteiger charge is -2.20. The van der Waals surface area contributed by atoms with Crippen molar-refractivity contribution in [2.24, 2.45) is 0 Å². The number of rotatable bonds is 4. The maximum atomic E-state index is 11.6. The van der Waals surface area contributed by atoms with E-state index in [0.29, 0.717) is 6.54 Å². The van der Waals surface area contributed by atoms with Crippen LogP contribution in [0.25, 0.3) is 0 Å². The molecule has 0 spiro atoms. The number of benzene rings is 1. The largest absolute Gasteiger partial charge is 0.481 e. The van der Waals surface area contributed by atoms with Crippen LogP contribution in [0, 0.1) is 6.92 Å². The Hall–Kier alpha value is -1.84. The summed E-state index contributed by atoms with van der Waals surface area (Å²) in [5, 5.41) is 8.57. The molecule has 1 amide bonds. The second-order valence-electron chi connectivity index (χ2n) is 3.54. The molecule has 1 aromatic carbocycles. The van der Waals surface area contributed by atoms with E-state index in [1.807, 2.05) is 38.1 Å². The molecule has 0 aliphatic rings. The van der Waals surface area contributed by atoms with Crippen LogP contribution >= 0.6 is 0 Å². The molecule has 0 unspecified atom stereocenters. The van der Waals surface area contributed by atoms with E-state index < -0.39 is 12.4 Å². The molecule has 0 heterocycles. The smallest absolute Gasteiger partial charge is 0.312 e. The van der Waals surface area contributed by atoms with Crippen LogP contribution in [-0.4, -0.2) is 23.5 Å². The van der Waals surface area contributed by atoms with Crippen molar-refractivity contribution in [3.8, 4) is 0 Å². The van der Waals surface area contributed by atoms with Crippen molar-refractivity contribution in [2.75, 3.05) is 11.4 Å². The Morgan fingerprint density at radius 1 is 1.25 bits per heavy atom. The van der Waals surface area contributed by atoms with Crippen LogP contribution in [-0.2, 0) is 9.59 Å². The molecule has 1 N–H and O–H groups in total. The van der Waals surface area contributed by atoms with Gasteiger partial charge in [-0.1, -0.05) is 17.7 Å². The Kier molecular flexibility index (Phi) is 4.05. The van der Waals surface area contributed by atoms with E-state index in [1.54, 1.807) is 0 Å². The Morgan fingerprint density at radius 3 is 2.25 bits per heavy atom. The highest BCUT2D eigenvalue weighted by Gasteiger charge is 2.16. The zero-order valence-electron chi connectivity index (χ0n) is 9.43. The molecule has 0 bridgehead atoms. The van der Waals surface area contributed by atoms with Gasteiger partial charge < -0.3 is 10.0 Å². The minimum Gasteiger partial charge on any atom is -0.481 e. The van der Waals surface area contributed by atoms with Gasteiger partial charge in [0.2, 0.25) is 5.91 Å². The van der Waals surface area contributed by atoms with Crippen molar-refractivity contribution in [2.45, 2.75) is 20.3 Å². The van der Waals surface area contributed by atoms with Crippen LogP contribution in [0.2, 0.25) is 0 Å². The van der Waals surface area contributed by atoms with Crippen LogP contribution in [0.5, 0.6) is 0 Å². The first kappa shape index (κ1) is 12.2. The van der Waals surface area contributed by atoms with Crippen LogP contribution in [0.15, 0.2) is 24.3 Å². The minimum atomic E-state index is -1.10. The summed E-state index contributed by atoms with van der Waals surface area (Å²) in [4.78, 5) is 23.5. The van der Waals surface area contributed by atoms with Crippen molar-refractivity contribution in [1.82, 2.24) is 0 Å². The minimum absolute atomic E-state index is 0.390. The number of aliphatic carboxylic acids is 1. The van der Waals surface area contributed by atoms with Gasteiger partial charge in [-0.2, -0.15) is 0 Å². The van der Waals surface area contributed by atoms with Crippen LogP contribution in [0.4, 0.5) is 5.69 Å². The molecule has 0 atom stereocenters. The number of carbonyl (C=O) groups is 2. The molecule has 1 rings (SSSR count). The standard InChI is InChI=1S/C12H15NO3/c1-3-13(11(14)8-12(15)16)10-6-4-9(2)5-7-10/h4-7H,3,8H2,1-2H3,(H,15,16). The molecule has 0 aliphatic carbocycles. The summed E-state index contributed by atoms with van der Waals surface area (Å²) in [5.41, 5.74) is 1.84. The van der Waals surface area contributed by atoms with E-state index >= 15 is 0 Å². The van der Waals surface area contributed by atoms with E-state index in [4.69, 9.17) is 5.11 Å². The summed E-state index contributed by atoms with van der Waals surface area (Å²) in [6.07, 6.45) is -0.471. The summed E-state index contributed by atoms with van der Waals surface area (Å²) in [5.74, 6) is -1.49. The Morgan fingerprint density at radius 2 is 1.81 bits per heavy atom. The van der Waals surface area contributed by atoms with Gasteiger partial charge in [-0.15, -0.1) is 0 Å². The molecule has 4 heteroatoms. The Bertz CT molecular complexity index is 384. The average Bonchev–Trinajstić information content (AvgIpc) is 2.21. The van der Waals surface area contributed by atoms with Gasteiger partial charge in [0.1, 0.15) is 6.42 Å². The summed E-state index contributed by atoms with van der Waals surface area (Å²) in [6, 6.07) is 7.43. The number of aryl methyl sites for hydroxylation is 1. The molecule has 0 aromatic heterocycles. The van der Waals surface area contributed by atoms with E-state index in [-0.39, 0.29) is 5.91 Å². The molecule has 0 fully saturated rings. The predicted octanol–water partition coefficient (Wildman–Crippen LogP) is 1.82. The molecular formula is C12H15NO3. The quantitative estimate of drug-likeness (QED) is 0.789. The number of anilines is 1. The summed E-state index contributed by atoms with van der Waals surface area (Å²) >= 11 is 0. The highest BCUT2D eigenvalue weighted by molar-refractivity contribution is 6.02. The zero-order chi connectivity index (χ0) is 12.1. The van der Waals surface area contributed by atoms with E-state index in [0.717, 1.165) is 11.3 Å². The van der Waals surface area contributed by atoms with Gasteiger partial charge >= 0.3 is 5.97 Å². The predicted molar refractivity (Wildman–Crippen MR) is 61.5 cm³/mol. The molecule has 0 saturated heterocycles. The van der Waals surface area contributed by atoms with E-state index in [9.17, 15) is 9.59 Å². The van der Waals surface area contributed by atoms with Gasteiger partial charge in [-0.3, -0.25) is 9.59 Å². The summed E-state index contributed by atoms with van der Waals surface area (Å²) in [6.45, 7) is 4.24. The van der Waals surface area contributed by atoms with Crippen molar-refractivity contribution in [3.05, 3.63) is 29.8 Å². The molecule has 0 radical (unpaired) electrons. The van der Waals surface area contributed by atoms with Crippen LogP contribution in [0.1, 0.15) is 18.9 Å². The highest BCUT2D eigenvalue weighted by Crippen LogP contribution is 2.15. The number of hydrogen-bond acceptors (Lipinski definition) is 2. The SMILES string of the molecule is CCN(C(=O)CC(=O)O)c1ccc(C)cc1. The number of amides is 1. The number of hydrogen-bond donors (Lipinski definition) is 1. The second kappa shape index (κ2) is 5.30. The zero-order valence-corrected chi connectivity index (χ0v) is 9.43. The molecule has 1 aromatic rings. The fraction of sp³-hybridized carbons (Fsp3) is 0.333. The maximum Gasteiger partial charge on any atom is 0.312 e. The summed E-state index contributed by atoms with van der Waals surface area (Å²) < 4.78 is 0. The molecule has 16 heavy (non-hydrogen) atoms. The lowest BCUT2D eigenvalue weighted by atomic mass is 10.2. The van der Waals surface area contributed by atoms with Crippen molar-refractivity contribution < 1.29 is 14.7 Å². The molecule has 0 aliphatic heterocycles. The maximum absolute atomic E-state index is 11.6. The van der Waals surface area contributed by atoms with Gasteiger partial charge in [0, 0.05) is 12.2 Å². The van der Waals surface area contributed by atoms with Gasteiger partial charge in [-0.25, -0.2) is 0 Å². The number of carbonyl (C=O) groups excluding carboxylic acids is 1. The van der Waals surface area contributed by atoms with Gasteiger partial charge in [0.05, 0.1) is 0 Å². The molecule has 4 nitrogen and oxygen atoms in total. The fourth-order valence-electron chi connectivity index (χ4n) is 1.45. The van der Waals surface area contributed by atoms with Gasteiger partial charge in [0.25, 0.3) is 0 Å². The molecule has 86 valence electrons. The lowest BCUT2D eigenvalue weighted by Crippen LogP contribution is -2.32. The van der Waals surface area contributed by atoms with E-state index in [1.165, 1.54) is 4.90 Å². The first-order valence-electron chi connectivity index (χ1n) is 5.13. The Labute approximate surface area is 94.5 Å². The van der Waals surface area contributed by atoms with Gasteiger partial charge in [-0.05, 0) is 26.0 Å². The van der Waals surface area contributed by atoms with Crippen molar-refractivity contribution in [3.63, 3.8) is 0 Å². The molecular weight excluding hydrogens is 206 g/mol. The topological polar surface area (TPSA) is 57.6 Å². The number of nitrogens with zero attached hydrogens (tertiary/aromatic N) is 1. The highest BCUT2D eigenvalue weighted by atomic mass is 16.4. The fourth-order valence-corrected chi connectivity index (χ4v) is 1.45. The van der Waals surface area contributed by atoms with Gasteiger partial charge in [0.15, 0.2) is 0 Å². The number of carboxylic acid groups (broad SMARTS) is 1. The third-order valence-corrected chi connectivity index (χ3v) is 2.27. The second-order valence-corrected chi connectivity index (χ2v) is 3.54. The average molecular weight is 221 g/mol. The van der Waals surface area contributed by atoms with Crippen molar-refractivity contribution in [1.29, 1.82) is 0 Å². The summed E-state index contributed by atoms with van der Waals surface area (Å²) in [7, 11) is 0.